The van der Waals surface area contributed by atoms with Gasteiger partial charge in [-0.3, -0.25) is 4.79 Å². The van der Waals surface area contributed by atoms with E-state index in [0.29, 0.717) is 5.92 Å². The fourth-order valence-electron chi connectivity index (χ4n) is 2.38. The molecule has 0 aromatic rings. The maximum atomic E-state index is 11.1. The van der Waals surface area contributed by atoms with E-state index in [9.17, 15) is 4.79 Å². The van der Waals surface area contributed by atoms with Gasteiger partial charge in [-0.25, -0.2) is 0 Å². The SMILES string of the molecule is CC(=O)[C@H](N)[C@H](C)CCC1CCCC1. The lowest BCUT2D eigenvalue weighted by Crippen LogP contribution is -2.35. The molecule has 0 radical (unpaired) electrons. The largest absolute Gasteiger partial charge is 0.321 e. The summed E-state index contributed by atoms with van der Waals surface area (Å²) in [4.78, 5) is 11.1. The van der Waals surface area contributed by atoms with Crippen LogP contribution in [0.25, 0.3) is 0 Å². The minimum atomic E-state index is -0.239. The Morgan fingerprint density at radius 2 is 2.00 bits per heavy atom. The molecule has 0 aromatic heterocycles. The molecular weight excluding hydrogens is 174 g/mol. The zero-order valence-corrected chi connectivity index (χ0v) is 9.46. The van der Waals surface area contributed by atoms with Crippen LogP contribution in [0.15, 0.2) is 0 Å². The van der Waals surface area contributed by atoms with Gasteiger partial charge in [-0.1, -0.05) is 39.0 Å². The monoisotopic (exact) mass is 197 g/mol. The molecular formula is C12H23NO. The molecule has 0 heterocycles. The zero-order valence-electron chi connectivity index (χ0n) is 9.46. The van der Waals surface area contributed by atoms with Crippen LogP contribution in [-0.2, 0) is 4.79 Å². The third kappa shape index (κ3) is 3.41. The Bertz CT molecular complexity index is 185. The Morgan fingerprint density at radius 1 is 1.43 bits per heavy atom. The van der Waals surface area contributed by atoms with Crippen LogP contribution < -0.4 is 5.73 Å². The van der Waals surface area contributed by atoms with Gasteiger partial charge in [0.1, 0.15) is 5.78 Å². The van der Waals surface area contributed by atoms with Crippen LogP contribution in [0.5, 0.6) is 0 Å². The maximum absolute atomic E-state index is 11.1. The highest BCUT2D eigenvalue weighted by molar-refractivity contribution is 5.81. The highest BCUT2D eigenvalue weighted by Gasteiger charge is 2.20. The van der Waals surface area contributed by atoms with Crippen LogP contribution in [0.4, 0.5) is 0 Å². The van der Waals surface area contributed by atoms with Crippen molar-refractivity contribution in [2.24, 2.45) is 17.6 Å². The minimum absolute atomic E-state index is 0.129. The molecule has 1 aliphatic rings. The van der Waals surface area contributed by atoms with Crippen LogP contribution in [0.3, 0.4) is 0 Å². The second kappa shape index (κ2) is 5.50. The maximum Gasteiger partial charge on any atom is 0.146 e. The lowest BCUT2D eigenvalue weighted by Gasteiger charge is -2.18. The average Bonchev–Trinajstić information content (AvgIpc) is 2.65. The van der Waals surface area contributed by atoms with Crippen molar-refractivity contribution in [2.75, 3.05) is 0 Å². The summed E-state index contributed by atoms with van der Waals surface area (Å²) in [5.74, 6) is 1.40. The minimum Gasteiger partial charge on any atom is -0.321 e. The second-order valence-corrected chi connectivity index (χ2v) is 4.84. The van der Waals surface area contributed by atoms with Crippen molar-refractivity contribution < 1.29 is 4.79 Å². The number of carbonyl (C=O) groups excluding carboxylic acids is 1. The molecule has 1 saturated carbocycles. The van der Waals surface area contributed by atoms with Crippen LogP contribution in [0.2, 0.25) is 0 Å². The van der Waals surface area contributed by atoms with Crippen molar-refractivity contribution in [2.45, 2.75) is 58.4 Å². The lowest BCUT2D eigenvalue weighted by molar-refractivity contribution is -0.119. The van der Waals surface area contributed by atoms with Crippen LogP contribution in [0.1, 0.15) is 52.4 Å². The van der Waals surface area contributed by atoms with Gasteiger partial charge in [0.25, 0.3) is 0 Å². The van der Waals surface area contributed by atoms with E-state index in [1.54, 1.807) is 6.92 Å². The Kier molecular flexibility index (Phi) is 4.59. The third-order valence-electron chi connectivity index (χ3n) is 3.59. The molecule has 0 aliphatic heterocycles. The summed E-state index contributed by atoms with van der Waals surface area (Å²) in [5, 5.41) is 0. The average molecular weight is 197 g/mol. The molecule has 0 aromatic carbocycles. The van der Waals surface area contributed by atoms with E-state index in [4.69, 9.17) is 5.73 Å². The van der Waals surface area contributed by atoms with Gasteiger partial charge in [0.05, 0.1) is 6.04 Å². The molecule has 14 heavy (non-hydrogen) atoms. The number of Topliss-reactive ketones (excluding diaryl/α,β-unsaturated/α-hetero) is 1. The number of carbonyl (C=O) groups is 1. The highest BCUT2D eigenvalue weighted by atomic mass is 16.1. The van der Waals surface area contributed by atoms with Crippen molar-refractivity contribution >= 4 is 5.78 Å². The first-order chi connectivity index (χ1) is 6.61. The first kappa shape index (κ1) is 11.7. The first-order valence-corrected chi connectivity index (χ1v) is 5.87. The summed E-state index contributed by atoms with van der Waals surface area (Å²) < 4.78 is 0. The summed E-state index contributed by atoms with van der Waals surface area (Å²) in [6.45, 7) is 3.69. The van der Waals surface area contributed by atoms with Crippen LogP contribution >= 0.6 is 0 Å². The molecule has 1 aliphatic carbocycles. The normalized spacial score (nSPS) is 22.2. The lowest BCUT2D eigenvalue weighted by atomic mass is 9.90. The molecule has 0 bridgehead atoms. The van der Waals surface area contributed by atoms with Crippen molar-refractivity contribution in [3.05, 3.63) is 0 Å². The quantitative estimate of drug-likeness (QED) is 0.736. The molecule has 1 fully saturated rings. The molecule has 2 atom stereocenters. The van der Waals surface area contributed by atoms with Crippen molar-refractivity contribution in [3.8, 4) is 0 Å². The van der Waals surface area contributed by atoms with E-state index in [2.05, 4.69) is 6.92 Å². The summed E-state index contributed by atoms with van der Waals surface area (Å²) in [5.41, 5.74) is 5.80. The van der Waals surface area contributed by atoms with Crippen molar-refractivity contribution in [1.82, 2.24) is 0 Å². The van der Waals surface area contributed by atoms with Gasteiger partial charge in [-0.15, -0.1) is 0 Å². The van der Waals surface area contributed by atoms with E-state index >= 15 is 0 Å². The molecule has 2 heteroatoms. The molecule has 0 unspecified atom stereocenters. The fourth-order valence-corrected chi connectivity index (χ4v) is 2.38. The second-order valence-electron chi connectivity index (χ2n) is 4.84. The topological polar surface area (TPSA) is 43.1 Å². The van der Waals surface area contributed by atoms with Gasteiger partial charge >= 0.3 is 0 Å². The number of hydrogen-bond donors (Lipinski definition) is 1. The van der Waals surface area contributed by atoms with Gasteiger partial charge in [0, 0.05) is 0 Å². The Labute approximate surface area is 87.2 Å². The van der Waals surface area contributed by atoms with E-state index in [1.807, 2.05) is 0 Å². The van der Waals surface area contributed by atoms with E-state index in [1.165, 1.54) is 32.1 Å². The Morgan fingerprint density at radius 3 is 2.50 bits per heavy atom. The number of rotatable bonds is 5. The predicted molar refractivity (Wildman–Crippen MR) is 59.0 cm³/mol. The Hall–Kier alpha value is -0.370. The van der Waals surface area contributed by atoms with Gasteiger partial charge in [0.2, 0.25) is 0 Å². The van der Waals surface area contributed by atoms with Crippen LogP contribution in [-0.4, -0.2) is 11.8 Å². The summed E-state index contributed by atoms with van der Waals surface area (Å²) in [7, 11) is 0. The standard InChI is InChI=1S/C12H23NO/c1-9(12(13)10(2)14)7-8-11-5-3-4-6-11/h9,11-12H,3-8,13H2,1-2H3/t9-,12-/m1/s1. The summed E-state index contributed by atoms with van der Waals surface area (Å²) >= 11 is 0. The molecule has 0 saturated heterocycles. The van der Waals surface area contributed by atoms with Crippen molar-refractivity contribution in [3.63, 3.8) is 0 Å². The highest BCUT2D eigenvalue weighted by Crippen LogP contribution is 2.30. The molecule has 2 nitrogen and oxygen atoms in total. The molecule has 0 spiro atoms. The van der Waals surface area contributed by atoms with E-state index in [-0.39, 0.29) is 11.8 Å². The van der Waals surface area contributed by atoms with Crippen molar-refractivity contribution in [1.29, 1.82) is 0 Å². The first-order valence-electron chi connectivity index (χ1n) is 5.87. The third-order valence-corrected chi connectivity index (χ3v) is 3.59. The van der Waals surface area contributed by atoms with Gasteiger partial charge in [0.15, 0.2) is 0 Å². The van der Waals surface area contributed by atoms with E-state index in [0.717, 1.165) is 12.3 Å². The zero-order chi connectivity index (χ0) is 10.6. The van der Waals surface area contributed by atoms with Gasteiger partial charge < -0.3 is 5.73 Å². The number of hydrogen-bond acceptors (Lipinski definition) is 2. The Balaban J connectivity index is 2.19. The fraction of sp³-hybridized carbons (Fsp3) is 0.917. The van der Waals surface area contributed by atoms with Gasteiger partial charge in [-0.05, 0) is 25.2 Å². The molecule has 1 rings (SSSR count). The summed E-state index contributed by atoms with van der Waals surface area (Å²) in [6, 6.07) is -0.239. The molecule has 82 valence electrons. The van der Waals surface area contributed by atoms with Crippen LogP contribution in [0, 0.1) is 11.8 Å². The van der Waals surface area contributed by atoms with E-state index < -0.39 is 0 Å². The van der Waals surface area contributed by atoms with Gasteiger partial charge in [-0.2, -0.15) is 0 Å². The summed E-state index contributed by atoms with van der Waals surface area (Å²) in [6.07, 6.45) is 7.97. The molecule has 2 N–H and O–H groups in total. The smallest absolute Gasteiger partial charge is 0.146 e. The number of nitrogens with two attached hydrogens (primary N) is 1. The molecule has 0 amide bonds. The predicted octanol–water partition coefficient (Wildman–Crippen LogP) is 2.51. The number of ketones is 1.